The van der Waals surface area contributed by atoms with Crippen molar-refractivity contribution < 1.29 is 0 Å². The maximum Gasteiger partial charge on any atom is 0.134 e. The minimum atomic E-state index is 0.613. The summed E-state index contributed by atoms with van der Waals surface area (Å²) in [4.78, 5) is 8.98. The molecule has 1 aliphatic rings. The Kier molecular flexibility index (Phi) is 5.83. The third-order valence-corrected chi connectivity index (χ3v) is 4.59. The third-order valence-electron chi connectivity index (χ3n) is 4.59. The van der Waals surface area contributed by atoms with Gasteiger partial charge in [-0.05, 0) is 38.0 Å². The van der Waals surface area contributed by atoms with Crippen LogP contribution in [-0.2, 0) is 6.42 Å². The maximum absolute atomic E-state index is 5.99. The molecule has 0 radical (unpaired) electrons. The van der Waals surface area contributed by atoms with Crippen LogP contribution in [0.15, 0.2) is 0 Å². The van der Waals surface area contributed by atoms with Gasteiger partial charge in [-0.25, -0.2) is 9.97 Å². The molecule has 118 valence electrons. The monoisotopic (exact) mass is 290 g/mol. The molecule has 1 aromatic heterocycles. The highest BCUT2D eigenvalue weighted by Crippen LogP contribution is 2.30. The lowest BCUT2D eigenvalue weighted by Crippen LogP contribution is -2.17. The first-order chi connectivity index (χ1) is 10.1. The SMILES string of the molecule is CCCc1nc(N)c(C)c(NCCC2CCCC(C)C2)n1. The predicted octanol–water partition coefficient (Wildman–Crippen LogP) is 3.95. The van der Waals surface area contributed by atoms with Crippen molar-refractivity contribution in [2.24, 2.45) is 11.8 Å². The van der Waals surface area contributed by atoms with Crippen LogP contribution in [0, 0.1) is 18.8 Å². The lowest BCUT2D eigenvalue weighted by molar-refractivity contribution is 0.274. The molecule has 0 amide bonds. The van der Waals surface area contributed by atoms with Gasteiger partial charge < -0.3 is 11.1 Å². The lowest BCUT2D eigenvalue weighted by Gasteiger charge is -2.26. The topological polar surface area (TPSA) is 63.8 Å². The van der Waals surface area contributed by atoms with E-state index in [1.807, 2.05) is 6.92 Å². The first-order valence-electron chi connectivity index (χ1n) is 8.47. The normalized spacial score (nSPS) is 22.2. The van der Waals surface area contributed by atoms with Gasteiger partial charge in [0.2, 0.25) is 0 Å². The highest BCUT2D eigenvalue weighted by molar-refractivity contribution is 5.54. The van der Waals surface area contributed by atoms with Gasteiger partial charge in [-0.3, -0.25) is 0 Å². The van der Waals surface area contributed by atoms with E-state index in [9.17, 15) is 0 Å². The molecule has 0 aromatic carbocycles. The smallest absolute Gasteiger partial charge is 0.134 e. The summed E-state index contributed by atoms with van der Waals surface area (Å²) in [5, 5.41) is 3.48. The van der Waals surface area contributed by atoms with Crippen LogP contribution >= 0.6 is 0 Å². The van der Waals surface area contributed by atoms with E-state index in [1.165, 1.54) is 32.1 Å². The fourth-order valence-corrected chi connectivity index (χ4v) is 3.31. The Labute approximate surface area is 128 Å². The molecule has 0 saturated heterocycles. The fraction of sp³-hybridized carbons (Fsp3) is 0.765. The molecule has 0 spiro atoms. The Morgan fingerprint density at radius 1 is 1.29 bits per heavy atom. The molecule has 3 N–H and O–H groups in total. The van der Waals surface area contributed by atoms with E-state index in [-0.39, 0.29) is 0 Å². The first-order valence-corrected chi connectivity index (χ1v) is 8.47. The van der Waals surface area contributed by atoms with Crippen molar-refractivity contribution in [3.63, 3.8) is 0 Å². The lowest BCUT2D eigenvalue weighted by atomic mass is 9.81. The van der Waals surface area contributed by atoms with E-state index in [2.05, 4.69) is 29.1 Å². The van der Waals surface area contributed by atoms with Crippen LogP contribution in [0.4, 0.5) is 11.6 Å². The molecule has 1 aliphatic carbocycles. The van der Waals surface area contributed by atoms with Crippen LogP contribution in [0.3, 0.4) is 0 Å². The van der Waals surface area contributed by atoms with Gasteiger partial charge in [-0.1, -0.05) is 33.1 Å². The van der Waals surface area contributed by atoms with Crippen LogP contribution in [0.1, 0.15) is 63.8 Å². The molecule has 0 aliphatic heterocycles. The van der Waals surface area contributed by atoms with Crippen molar-refractivity contribution >= 4 is 11.6 Å². The number of rotatable bonds is 6. The Bertz CT molecular complexity index is 458. The zero-order chi connectivity index (χ0) is 15.2. The van der Waals surface area contributed by atoms with Crippen LogP contribution in [0.25, 0.3) is 0 Å². The number of hydrogen-bond acceptors (Lipinski definition) is 4. The molecule has 4 nitrogen and oxygen atoms in total. The van der Waals surface area contributed by atoms with E-state index >= 15 is 0 Å². The van der Waals surface area contributed by atoms with E-state index in [0.717, 1.165) is 48.4 Å². The molecule has 2 atom stereocenters. The van der Waals surface area contributed by atoms with Crippen LogP contribution in [0.2, 0.25) is 0 Å². The Morgan fingerprint density at radius 3 is 2.81 bits per heavy atom. The summed E-state index contributed by atoms with van der Waals surface area (Å²) in [6, 6.07) is 0. The highest BCUT2D eigenvalue weighted by Gasteiger charge is 2.18. The second-order valence-corrected chi connectivity index (χ2v) is 6.60. The van der Waals surface area contributed by atoms with Crippen molar-refractivity contribution in [1.29, 1.82) is 0 Å². The van der Waals surface area contributed by atoms with Crippen LogP contribution < -0.4 is 11.1 Å². The Hall–Kier alpha value is -1.32. The molecular weight excluding hydrogens is 260 g/mol. The van der Waals surface area contributed by atoms with E-state index in [1.54, 1.807) is 0 Å². The average molecular weight is 290 g/mol. The number of aromatic nitrogens is 2. The highest BCUT2D eigenvalue weighted by atomic mass is 15.1. The number of nitrogens with zero attached hydrogens (tertiary/aromatic N) is 2. The van der Waals surface area contributed by atoms with E-state index in [0.29, 0.717) is 5.82 Å². The van der Waals surface area contributed by atoms with Gasteiger partial charge in [0.25, 0.3) is 0 Å². The quantitative estimate of drug-likeness (QED) is 0.832. The summed E-state index contributed by atoms with van der Waals surface area (Å²) in [5.74, 6) is 4.17. The first kappa shape index (κ1) is 16.1. The summed E-state index contributed by atoms with van der Waals surface area (Å²) in [6.45, 7) is 7.50. The molecule has 2 rings (SSSR count). The molecule has 21 heavy (non-hydrogen) atoms. The summed E-state index contributed by atoms with van der Waals surface area (Å²) < 4.78 is 0. The van der Waals surface area contributed by atoms with Gasteiger partial charge in [0.15, 0.2) is 0 Å². The van der Waals surface area contributed by atoms with Crippen molar-refractivity contribution in [2.75, 3.05) is 17.6 Å². The van der Waals surface area contributed by atoms with Crippen molar-refractivity contribution in [3.05, 3.63) is 11.4 Å². The van der Waals surface area contributed by atoms with Gasteiger partial charge in [-0.15, -0.1) is 0 Å². The zero-order valence-corrected chi connectivity index (χ0v) is 13.8. The minimum absolute atomic E-state index is 0.613. The molecule has 2 unspecified atom stereocenters. The number of nitrogen functional groups attached to an aromatic ring is 1. The van der Waals surface area contributed by atoms with Gasteiger partial charge in [0.05, 0.1) is 0 Å². The molecule has 1 fully saturated rings. The standard InChI is InChI=1S/C17H30N4/c1-4-6-15-20-16(18)13(3)17(21-15)19-10-9-14-8-5-7-12(2)11-14/h12,14H,4-11H2,1-3H3,(H3,18,19,20,21). The molecule has 1 aromatic rings. The van der Waals surface area contributed by atoms with Gasteiger partial charge in [-0.2, -0.15) is 0 Å². The third kappa shape index (κ3) is 4.58. The van der Waals surface area contributed by atoms with Crippen molar-refractivity contribution in [3.8, 4) is 0 Å². The summed E-state index contributed by atoms with van der Waals surface area (Å²) in [7, 11) is 0. The minimum Gasteiger partial charge on any atom is -0.383 e. The van der Waals surface area contributed by atoms with Gasteiger partial charge in [0, 0.05) is 18.5 Å². The van der Waals surface area contributed by atoms with Crippen LogP contribution in [0.5, 0.6) is 0 Å². The average Bonchev–Trinajstić information content (AvgIpc) is 2.44. The molecule has 0 bridgehead atoms. The predicted molar refractivity (Wildman–Crippen MR) is 89.4 cm³/mol. The summed E-state index contributed by atoms with van der Waals surface area (Å²) in [5.41, 5.74) is 6.97. The Morgan fingerprint density at radius 2 is 2.10 bits per heavy atom. The van der Waals surface area contributed by atoms with E-state index in [4.69, 9.17) is 5.73 Å². The second kappa shape index (κ2) is 7.62. The fourth-order valence-electron chi connectivity index (χ4n) is 3.31. The molecular formula is C17H30N4. The maximum atomic E-state index is 5.99. The van der Waals surface area contributed by atoms with Crippen molar-refractivity contribution in [2.45, 2.75) is 65.7 Å². The van der Waals surface area contributed by atoms with E-state index < -0.39 is 0 Å². The molecule has 1 heterocycles. The summed E-state index contributed by atoms with van der Waals surface area (Å²) >= 11 is 0. The number of hydrogen-bond donors (Lipinski definition) is 2. The van der Waals surface area contributed by atoms with Gasteiger partial charge in [0.1, 0.15) is 17.5 Å². The van der Waals surface area contributed by atoms with Crippen molar-refractivity contribution in [1.82, 2.24) is 9.97 Å². The van der Waals surface area contributed by atoms with Crippen LogP contribution in [-0.4, -0.2) is 16.5 Å². The molecule has 1 saturated carbocycles. The number of aryl methyl sites for hydroxylation is 1. The zero-order valence-electron chi connectivity index (χ0n) is 13.8. The van der Waals surface area contributed by atoms with Gasteiger partial charge >= 0.3 is 0 Å². The summed E-state index contributed by atoms with van der Waals surface area (Å²) in [6.07, 6.45) is 8.74. The molecule has 4 heteroatoms. The number of anilines is 2. The number of nitrogens with one attached hydrogen (secondary N) is 1. The Balaban J connectivity index is 1.90. The number of nitrogens with two attached hydrogens (primary N) is 1. The second-order valence-electron chi connectivity index (χ2n) is 6.60. The largest absolute Gasteiger partial charge is 0.383 e.